The van der Waals surface area contributed by atoms with Crippen LogP contribution in [-0.2, 0) is 32.1 Å². The minimum Gasteiger partial charge on any atom is -0.482 e. The zero-order chi connectivity index (χ0) is 26.1. The molecule has 1 aliphatic rings. The van der Waals surface area contributed by atoms with E-state index in [9.17, 15) is 9.59 Å². The Morgan fingerprint density at radius 1 is 1.03 bits per heavy atom. The number of hydrogen-bond acceptors (Lipinski definition) is 7. The van der Waals surface area contributed by atoms with Crippen LogP contribution in [0, 0.1) is 11.3 Å². The van der Waals surface area contributed by atoms with Crippen LogP contribution in [0.5, 0.6) is 5.75 Å². The van der Waals surface area contributed by atoms with Gasteiger partial charge in [-0.25, -0.2) is 0 Å². The summed E-state index contributed by atoms with van der Waals surface area (Å²) >= 11 is 0. The number of aliphatic imine (C=N–C) groups is 1. The van der Waals surface area contributed by atoms with Crippen LogP contribution < -0.4 is 4.74 Å². The number of carbonyl (C=O) groups is 2. The van der Waals surface area contributed by atoms with Gasteiger partial charge in [0.15, 0.2) is 11.4 Å². The van der Waals surface area contributed by atoms with Gasteiger partial charge in [-0.05, 0) is 62.8 Å². The Kier molecular flexibility index (Phi) is 9.39. The molecule has 1 N–H and O–H groups in total. The smallest absolute Gasteiger partial charge is 0.308 e. The fourth-order valence-electron chi connectivity index (χ4n) is 4.31. The molecule has 36 heavy (non-hydrogen) atoms. The minimum atomic E-state index is -0.844. The quantitative estimate of drug-likeness (QED) is 0.245. The summed E-state index contributed by atoms with van der Waals surface area (Å²) in [6, 6.07) is 16.6. The summed E-state index contributed by atoms with van der Waals surface area (Å²) in [7, 11) is 1.46. The van der Waals surface area contributed by atoms with Gasteiger partial charge in [0, 0.05) is 5.71 Å². The van der Waals surface area contributed by atoms with Crippen molar-refractivity contribution in [3.8, 4) is 5.75 Å². The third kappa shape index (κ3) is 7.26. The van der Waals surface area contributed by atoms with Gasteiger partial charge in [-0.3, -0.25) is 20.0 Å². The minimum absolute atomic E-state index is 0.00991. The Balaban J connectivity index is 1.50. The van der Waals surface area contributed by atoms with E-state index >= 15 is 0 Å². The van der Waals surface area contributed by atoms with Crippen molar-refractivity contribution in [2.75, 3.05) is 7.11 Å². The molecule has 0 bridgehead atoms. The van der Waals surface area contributed by atoms with E-state index in [-0.39, 0.29) is 30.6 Å². The van der Waals surface area contributed by atoms with Crippen LogP contribution in [-0.4, -0.2) is 42.1 Å². The highest BCUT2D eigenvalue weighted by Gasteiger charge is 2.36. The number of benzene rings is 2. The lowest BCUT2D eigenvalue weighted by Gasteiger charge is -2.25. The number of ketones is 1. The lowest BCUT2D eigenvalue weighted by Crippen LogP contribution is -2.38. The first-order valence-electron chi connectivity index (χ1n) is 12.4. The summed E-state index contributed by atoms with van der Waals surface area (Å²) in [5, 5.41) is 7.85. The second-order valence-corrected chi connectivity index (χ2v) is 9.49. The molecule has 3 rings (SSSR count). The lowest BCUT2D eigenvalue weighted by molar-refractivity contribution is -0.146. The van der Waals surface area contributed by atoms with Gasteiger partial charge in [-0.1, -0.05) is 49.4 Å². The average molecular weight is 493 g/mol. The van der Waals surface area contributed by atoms with E-state index in [1.54, 1.807) is 13.8 Å². The molecule has 1 aliphatic heterocycles. The summed E-state index contributed by atoms with van der Waals surface area (Å²) in [6.07, 6.45) is 3.09. The Morgan fingerprint density at radius 3 is 2.36 bits per heavy atom. The first-order chi connectivity index (χ1) is 17.2. The van der Waals surface area contributed by atoms with E-state index in [1.165, 1.54) is 7.11 Å². The number of methoxy groups -OCH3 is 1. The first kappa shape index (κ1) is 27.1. The maximum atomic E-state index is 12.9. The predicted molar refractivity (Wildman–Crippen MR) is 140 cm³/mol. The fourth-order valence-corrected chi connectivity index (χ4v) is 4.31. The maximum absolute atomic E-state index is 12.9. The van der Waals surface area contributed by atoms with Crippen LogP contribution in [0.3, 0.4) is 0 Å². The Morgan fingerprint density at radius 2 is 1.72 bits per heavy atom. The van der Waals surface area contributed by atoms with Gasteiger partial charge in [0.25, 0.3) is 0 Å². The van der Waals surface area contributed by atoms with Crippen molar-refractivity contribution in [3.05, 3.63) is 65.7 Å². The number of Topliss-reactive ketones (excluding diaryl/α,β-unsaturated/α-hetero) is 1. The molecular formula is C29H36N2O5. The van der Waals surface area contributed by atoms with Crippen LogP contribution in [0.1, 0.15) is 57.6 Å². The van der Waals surface area contributed by atoms with Crippen molar-refractivity contribution < 1.29 is 23.8 Å². The molecule has 0 radical (unpaired) electrons. The number of carbonyl (C=O) groups excluding carboxylic acids is 2. The Hall–Kier alpha value is -3.48. The molecule has 0 amide bonds. The molecule has 0 fully saturated rings. The molecule has 0 saturated heterocycles. The number of rotatable bonds is 12. The van der Waals surface area contributed by atoms with Crippen LogP contribution in [0.15, 0.2) is 59.6 Å². The summed E-state index contributed by atoms with van der Waals surface area (Å²) in [6.45, 7) is 5.76. The van der Waals surface area contributed by atoms with E-state index < -0.39 is 17.6 Å². The highest BCUT2D eigenvalue weighted by Crippen LogP contribution is 2.26. The van der Waals surface area contributed by atoms with E-state index in [1.807, 2.05) is 61.5 Å². The monoisotopic (exact) mass is 492 g/mol. The number of hydrogen-bond donors (Lipinski definition) is 1. The number of aryl methyl sites for hydroxylation is 1. The molecule has 0 aromatic heterocycles. The summed E-state index contributed by atoms with van der Waals surface area (Å²) in [5.74, 6) is 0.139. The van der Waals surface area contributed by atoms with Crippen molar-refractivity contribution in [2.24, 2.45) is 10.9 Å². The molecule has 0 saturated carbocycles. The third-order valence-corrected chi connectivity index (χ3v) is 6.35. The van der Waals surface area contributed by atoms with Crippen molar-refractivity contribution in [1.82, 2.24) is 0 Å². The molecule has 2 aromatic carbocycles. The number of nitrogens with one attached hydrogen (secondary N) is 1. The summed E-state index contributed by atoms with van der Waals surface area (Å²) in [5.41, 5.74) is 2.12. The second kappa shape index (κ2) is 12.5. The molecule has 1 heterocycles. The molecule has 7 nitrogen and oxygen atoms in total. The number of nitrogens with zero attached hydrogens (tertiary/aromatic N) is 1. The SMILES string of the molecule is CCC1C(=O)C(CC(=O)OCc2ccccc2)N=C1CCCc1ccc(OC(C)(C)C(=N)OC)cc1. The normalized spacial score (nSPS) is 17.4. The molecular weight excluding hydrogens is 456 g/mol. The highest BCUT2D eigenvalue weighted by atomic mass is 16.5. The summed E-state index contributed by atoms with van der Waals surface area (Å²) < 4.78 is 16.2. The van der Waals surface area contributed by atoms with Crippen LogP contribution in [0.4, 0.5) is 0 Å². The standard InChI is InChI=1S/C29H36N2O5/c1-5-23-24(31-25(27(23)33)18-26(32)35-19-21-10-7-6-8-11-21)13-9-12-20-14-16-22(17-15-20)36-29(2,3)28(30)34-4/h6-8,10-11,14-17,23,25,30H,5,9,12-13,18-19H2,1-4H3. The zero-order valence-corrected chi connectivity index (χ0v) is 21.6. The molecule has 7 heteroatoms. The van der Waals surface area contributed by atoms with Crippen LogP contribution >= 0.6 is 0 Å². The first-order valence-corrected chi connectivity index (χ1v) is 12.4. The number of ether oxygens (including phenoxy) is 3. The van der Waals surface area contributed by atoms with Gasteiger partial charge in [0.05, 0.1) is 19.4 Å². The third-order valence-electron chi connectivity index (χ3n) is 6.35. The van der Waals surface area contributed by atoms with Crippen LogP contribution in [0.25, 0.3) is 0 Å². The van der Waals surface area contributed by atoms with E-state index in [4.69, 9.17) is 19.6 Å². The van der Waals surface area contributed by atoms with Gasteiger partial charge < -0.3 is 14.2 Å². The van der Waals surface area contributed by atoms with Crippen molar-refractivity contribution in [3.63, 3.8) is 0 Å². The largest absolute Gasteiger partial charge is 0.482 e. The molecule has 0 spiro atoms. The van der Waals surface area contributed by atoms with Gasteiger partial charge in [-0.2, -0.15) is 0 Å². The molecule has 192 valence electrons. The number of esters is 1. The van der Waals surface area contributed by atoms with Gasteiger partial charge >= 0.3 is 5.97 Å². The van der Waals surface area contributed by atoms with E-state index in [0.717, 1.165) is 36.1 Å². The summed E-state index contributed by atoms with van der Waals surface area (Å²) in [4.78, 5) is 29.8. The fraction of sp³-hybridized carbons (Fsp3) is 0.448. The Bertz CT molecular complexity index is 1080. The molecule has 2 atom stereocenters. The predicted octanol–water partition coefficient (Wildman–Crippen LogP) is 5.34. The lowest BCUT2D eigenvalue weighted by atomic mass is 9.91. The van der Waals surface area contributed by atoms with Gasteiger partial charge in [-0.15, -0.1) is 0 Å². The van der Waals surface area contributed by atoms with Crippen molar-refractivity contribution in [2.45, 2.75) is 71.1 Å². The topological polar surface area (TPSA) is 98.0 Å². The van der Waals surface area contributed by atoms with Crippen LogP contribution in [0.2, 0.25) is 0 Å². The molecule has 2 aromatic rings. The van der Waals surface area contributed by atoms with Crippen molar-refractivity contribution in [1.29, 1.82) is 5.41 Å². The zero-order valence-electron chi connectivity index (χ0n) is 21.6. The molecule has 0 aliphatic carbocycles. The van der Waals surface area contributed by atoms with E-state index in [2.05, 4.69) is 4.99 Å². The van der Waals surface area contributed by atoms with Gasteiger partial charge in [0.1, 0.15) is 18.4 Å². The maximum Gasteiger partial charge on any atom is 0.308 e. The second-order valence-electron chi connectivity index (χ2n) is 9.49. The average Bonchev–Trinajstić information content (AvgIpc) is 3.17. The highest BCUT2D eigenvalue weighted by molar-refractivity contribution is 6.12. The van der Waals surface area contributed by atoms with Gasteiger partial charge in [0.2, 0.25) is 5.90 Å². The van der Waals surface area contributed by atoms with E-state index in [0.29, 0.717) is 12.2 Å². The molecule has 2 unspecified atom stereocenters. The van der Waals surface area contributed by atoms with Crippen molar-refractivity contribution >= 4 is 23.4 Å². The Labute approximate surface area is 213 Å².